The number of nitrogens with one attached hydrogen (secondary N) is 1. The average molecular weight is 389 g/mol. The van der Waals surface area contributed by atoms with Crippen molar-refractivity contribution < 1.29 is 14.7 Å². The van der Waals surface area contributed by atoms with Crippen molar-refractivity contribution >= 4 is 22.8 Å². The Morgan fingerprint density at radius 2 is 1.86 bits per heavy atom. The number of aromatic hydroxyl groups is 1. The highest BCUT2D eigenvalue weighted by Crippen LogP contribution is 2.44. The summed E-state index contributed by atoms with van der Waals surface area (Å²) in [6, 6.07) is 13.8. The molecule has 5 rings (SSSR count). The lowest BCUT2D eigenvalue weighted by molar-refractivity contribution is -0.128. The zero-order valence-corrected chi connectivity index (χ0v) is 16.3. The number of para-hydroxylation sites is 1. The van der Waals surface area contributed by atoms with Crippen LogP contribution in [0.1, 0.15) is 42.6 Å². The van der Waals surface area contributed by atoms with E-state index in [1.54, 1.807) is 17.0 Å². The van der Waals surface area contributed by atoms with Crippen molar-refractivity contribution in [1.29, 1.82) is 0 Å². The van der Waals surface area contributed by atoms with Gasteiger partial charge in [-0.3, -0.25) is 14.6 Å². The Labute approximate surface area is 168 Å². The number of rotatable bonds is 4. The maximum atomic E-state index is 13.3. The molecule has 0 unspecified atom stereocenters. The van der Waals surface area contributed by atoms with E-state index in [0.717, 1.165) is 40.6 Å². The molecule has 3 heterocycles. The van der Waals surface area contributed by atoms with Crippen molar-refractivity contribution in [3.8, 4) is 5.75 Å². The molecular weight excluding hydrogens is 366 g/mol. The number of carbonyl (C=O) groups is 2. The second kappa shape index (κ2) is 6.65. The minimum atomic E-state index is -0.495. The molecule has 148 valence electrons. The molecule has 2 atom stereocenters. The molecule has 2 aromatic carbocycles. The topological polar surface area (TPSA) is 76.6 Å². The van der Waals surface area contributed by atoms with Crippen LogP contribution in [0.15, 0.2) is 48.5 Å². The van der Waals surface area contributed by atoms with Crippen LogP contribution in [0, 0.1) is 0 Å². The van der Waals surface area contributed by atoms with Gasteiger partial charge in [-0.2, -0.15) is 0 Å². The molecule has 6 heteroatoms. The first-order valence-electron chi connectivity index (χ1n) is 10.1. The van der Waals surface area contributed by atoms with Gasteiger partial charge in [0.15, 0.2) is 0 Å². The number of carbonyl (C=O) groups excluding carboxylic acids is 2. The Morgan fingerprint density at radius 3 is 2.62 bits per heavy atom. The average Bonchev–Trinajstić information content (AvgIpc) is 3.21. The summed E-state index contributed by atoms with van der Waals surface area (Å²) in [7, 11) is 0. The second-order valence-corrected chi connectivity index (χ2v) is 7.81. The number of hydrogen-bond acceptors (Lipinski definition) is 3. The second-order valence-electron chi connectivity index (χ2n) is 7.81. The zero-order chi connectivity index (χ0) is 20.1. The van der Waals surface area contributed by atoms with E-state index in [1.807, 2.05) is 30.3 Å². The summed E-state index contributed by atoms with van der Waals surface area (Å²) < 4.78 is 0. The van der Waals surface area contributed by atoms with E-state index in [0.29, 0.717) is 13.0 Å². The van der Waals surface area contributed by atoms with E-state index >= 15 is 0 Å². The van der Waals surface area contributed by atoms with Crippen molar-refractivity contribution in [3.05, 3.63) is 65.4 Å². The van der Waals surface area contributed by atoms with Crippen molar-refractivity contribution in [2.24, 2.45) is 0 Å². The van der Waals surface area contributed by atoms with E-state index < -0.39 is 6.04 Å². The number of amides is 3. The monoisotopic (exact) mass is 389 g/mol. The number of aromatic nitrogens is 1. The summed E-state index contributed by atoms with van der Waals surface area (Å²) in [4.78, 5) is 33.1. The molecule has 0 spiro atoms. The molecule has 2 N–H and O–H groups in total. The molecule has 1 aromatic heterocycles. The van der Waals surface area contributed by atoms with Crippen molar-refractivity contribution in [3.63, 3.8) is 0 Å². The number of phenolic OH excluding ortho intramolecular Hbond substituents is 1. The van der Waals surface area contributed by atoms with Crippen LogP contribution in [-0.2, 0) is 11.2 Å². The van der Waals surface area contributed by atoms with Gasteiger partial charge in [-0.15, -0.1) is 0 Å². The molecular formula is C23H23N3O3. The Bertz CT molecular complexity index is 1100. The van der Waals surface area contributed by atoms with Gasteiger partial charge >= 0.3 is 6.03 Å². The Kier molecular flexibility index (Phi) is 4.08. The van der Waals surface area contributed by atoms with Crippen LogP contribution in [0.4, 0.5) is 4.79 Å². The maximum Gasteiger partial charge on any atom is 0.328 e. The lowest BCUT2D eigenvalue weighted by Crippen LogP contribution is -2.44. The molecule has 3 aromatic rings. The molecule has 29 heavy (non-hydrogen) atoms. The first-order chi connectivity index (χ1) is 14.1. The number of unbranched alkanes of at least 4 members (excludes halogenated alkanes) is 1. The van der Waals surface area contributed by atoms with E-state index in [-0.39, 0.29) is 23.7 Å². The van der Waals surface area contributed by atoms with Gasteiger partial charge in [0.1, 0.15) is 17.8 Å². The van der Waals surface area contributed by atoms with Crippen molar-refractivity contribution in [1.82, 2.24) is 14.8 Å². The minimum Gasteiger partial charge on any atom is -0.508 e. The van der Waals surface area contributed by atoms with Crippen LogP contribution >= 0.6 is 0 Å². The summed E-state index contributed by atoms with van der Waals surface area (Å²) in [5.41, 5.74) is 3.93. The quantitative estimate of drug-likeness (QED) is 0.664. The molecule has 2 aliphatic rings. The predicted octanol–water partition coefficient (Wildman–Crippen LogP) is 3.95. The van der Waals surface area contributed by atoms with Crippen LogP contribution in [0.3, 0.4) is 0 Å². The van der Waals surface area contributed by atoms with Crippen molar-refractivity contribution in [2.75, 3.05) is 6.54 Å². The predicted molar refractivity (Wildman–Crippen MR) is 110 cm³/mol. The standard InChI is InChI=1S/C23H23N3O3/c1-2-3-12-25-22(28)19-13-17-16-6-4-5-7-18(16)24-20(17)21(26(19)23(25)29)14-8-10-15(27)11-9-14/h4-11,19,21,24,27H,2-3,12-13H2,1H3/t19-,21+/m0/s1. The van der Waals surface area contributed by atoms with Gasteiger partial charge in [0, 0.05) is 29.6 Å². The lowest BCUT2D eigenvalue weighted by Gasteiger charge is -2.36. The fourth-order valence-corrected chi connectivity index (χ4v) is 4.65. The number of H-pyrrole nitrogens is 1. The zero-order valence-electron chi connectivity index (χ0n) is 16.3. The van der Waals surface area contributed by atoms with Crippen LogP contribution in [0.25, 0.3) is 10.9 Å². The van der Waals surface area contributed by atoms with Gasteiger partial charge in [-0.05, 0) is 35.7 Å². The maximum absolute atomic E-state index is 13.3. The Balaban J connectivity index is 1.68. The van der Waals surface area contributed by atoms with Gasteiger partial charge in [0.25, 0.3) is 5.91 Å². The number of phenols is 1. The molecule has 3 amide bonds. The summed E-state index contributed by atoms with van der Waals surface area (Å²) >= 11 is 0. The number of imide groups is 1. The molecule has 1 saturated heterocycles. The largest absolute Gasteiger partial charge is 0.508 e. The number of aromatic amines is 1. The van der Waals surface area contributed by atoms with Gasteiger partial charge in [-0.25, -0.2) is 4.79 Å². The summed E-state index contributed by atoms with van der Waals surface area (Å²) in [5.74, 6) is 0.0644. The third-order valence-corrected chi connectivity index (χ3v) is 6.08. The fraction of sp³-hybridized carbons (Fsp3) is 0.304. The van der Waals surface area contributed by atoms with Gasteiger partial charge in [-0.1, -0.05) is 43.7 Å². The normalized spacial score (nSPS) is 21.0. The number of benzene rings is 2. The summed E-state index contributed by atoms with van der Waals surface area (Å²) in [5, 5.41) is 10.8. The third-order valence-electron chi connectivity index (χ3n) is 6.08. The molecule has 1 fully saturated rings. The highest BCUT2D eigenvalue weighted by Gasteiger charge is 2.52. The van der Waals surface area contributed by atoms with Crippen LogP contribution in [0.5, 0.6) is 5.75 Å². The van der Waals surface area contributed by atoms with E-state index in [9.17, 15) is 14.7 Å². The first kappa shape index (κ1) is 17.8. The number of urea groups is 1. The van der Waals surface area contributed by atoms with Crippen LogP contribution < -0.4 is 0 Å². The summed E-state index contributed by atoms with van der Waals surface area (Å²) in [6.45, 7) is 2.51. The van der Waals surface area contributed by atoms with Gasteiger partial charge < -0.3 is 10.1 Å². The Hall–Kier alpha value is -3.28. The Morgan fingerprint density at radius 1 is 1.10 bits per heavy atom. The number of nitrogens with zero attached hydrogens (tertiary/aromatic N) is 2. The smallest absolute Gasteiger partial charge is 0.328 e. The molecule has 0 bridgehead atoms. The van der Waals surface area contributed by atoms with E-state index in [4.69, 9.17) is 0 Å². The van der Waals surface area contributed by atoms with Crippen molar-refractivity contribution in [2.45, 2.75) is 38.3 Å². The number of hydrogen-bond donors (Lipinski definition) is 2. The van der Waals surface area contributed by atoms with Crippen LogP contribution in [0.2, 0.25) is 0 Å². The van der Waals surface area contributed by atoms with Gasteiger partial charge in [0.05, 0.1) is 0 Å². The molecule has 2 aliphatic heterocycles. The molecule has 0 saturated carbocycles. The molecule has 0 radical (unpaired) electrons. The SMILES string of the molecule is CCCCN1C(=O)[C@@H]2Cc3c([nH]c4ccccc34)[C@@H](c3ccc(O)cc3)N2C1=O. The highest BCUT2D eigenvalue weighted by molar-refractivity contribution is 6.05. The number of fused-ring (bicyclic) bond motifs is 4. The van der Waals surface area contributed by atoms with E-state index in [2.05, 4.69) is 18.0 Å². The van der Waals surface area contributed by atoms with Crippen LogP contribution in [-0.4, -0.2) is 44.4 Å². The lowest BCUT2D eigenvalue weighted by atomic mass is 9.89. The minimum absolute atomic E-state index is 0.108. The first-order valence-corrected chi connectivity index (χ1v) is 10.1. The highest BCUT2D eigenvalue weighted by atomic mass is 16.3. The third kappa shape index (κ3) is 2.63. The van der Waals surface area contributed by atoms with E-state index in [1.165, 1.54) is 4.90 Å². The van der Waals surface area contributed by atoms with Gasteiger partial charge in [0.2, 0.25) is 0 Å². The fourth-order valence-electron chi connectivity index (χ4n) is 4.65. The summed E-state index contributed by atoms with van der Waals surface area (Å²) in [6.07, 6.45) is 2.24. The molecule has 0 aliphatic carbocycles. The molecule has 6 nitrogen and oxygen atoms in total.